The molecule has 0 bridgehead atoms. The SMILES string of the molecule is COc1ccc(S(=O)(=O)N(Cc2cccnc2)c2c(C)cc(-c3cccc(C=NO)c3)cc2C(=O)NO)cc1. The topological polar surface area (TPSA) is 141 Å². The number of pyridine rings is 1. The number of ether oxygens (including phenoxy) is 1. The van der Waals surface area contributed by atoms with Gasteiger partial charge in [-0.05, 0) is 83.3 Å². The highest BCUT2D eigenvalue weighted by Crippen LogP contribution is 2.36. The number of hydrogen-bond donors (Lipinski definition) is 3. The molecule has 0 atom stereocenters. The number of hydroxylamine groups is 1. The summed E-state index contributed by atoms with van der Waals surface area (Å²) in [5, 5.41) is 21.6. The molecule has 3 N–H and O–H groups in total. The van der Waals surface area contributed by atoms with Crippen molar-refractivity contribution in [1.82, 2.24) is 10.5 Å². The second kappa shape index (κ2) is 11.8. The Kier molecular flexibility index (Phi) is 8.23. The van der Waals surface area contributed by atoms with Crippen LogP contribution < -0.4 is 14.5 Å². The van der Waals surface area contributed by atoms with Crippen LogP contribution in [-0.4, -0.2) is 43.0 Å². The largest absolute Gasteiger partial charge is 0.497 e. The lowest BCUT2D eigenvalue weighted by molar-refractivity contribution is 0.0707. The van der Waals surface area contributed by atoms with E-state index in [1.807, 2.05) is 0 Å². The van der Waals surface area contributed by atoms with Crippen molar-refractivity contribution >= 4 is 27.8 Å². The normalized spacial score (nSPS) is 11.4. The summed E-state index contributed by atoms with van der Waals surface area (Å²) in [5.74, 6) is -0.397. The third-order valence-electron chi connectivity index (χ3n) is 6.02. The van der Waals surface area contributed by atoms with Crippen LogP contribution in [0.3, 0.4) is 0 Å². The Bertz CT molecular complexity index is 1610. The van der Waals surface area contributed by atoms with Crippen LogP contribution >= 0.6 is 0 Å². The predicted octanol–water partition coefficient (Wildman–Crippen LogP) is 4.39. The number of nitrogens with zero attached hydrogens (tertiary/aromatic N) is 3. The molecule has 11 heteroatoms. The summed E-state index contributed by atoms with van der Waals surface area (Å²) in [6, 6.07) is 19.6. The molecule has 39 heavy (non-hydrogen) atoms. The highest BCUT2D eigenvalue weighted by atomic mass is 32.2. The highest BCUT2D eigenvalue weighted by Gasteiger charge is 2.31. The molecule has 3 aromatic carbocycles. The molecule has 1 aromatic heterocycles. The summed E-state index contributed by atoms with van der Waals surface area (Å²) in [7, 11) is -2.73. The quantitative estimate of drug-likeness (QED) is 0.122. The molecule has 4 rings (SSSR count). The minimum atomic E-state index is -4.21. The number of sulfonamides is 1. The smallest absolute Gasteiger partial charge is 0.276 e. The van der Waals surface area contributed by atoms with Gasteiger partial charge in [-0.25, -0.2) is 13.9 Å². The summed E-state index contributed by atoms with van der Waals surface area (Å²) in [6.07, 6.45) is 4.38. The van der Waals surface area contributed by atoms with Gasteiger partial charge in [0, 0.05) is 12.4 Å². The first-order chi connectivity index (χ1) is 18.8. The molecule has 0 saturated heterocycles. The Balaban J connectivity index is 1.94. The highest BCUT2D eigenvalue weighted by molar-refractivity contribution is 7.92. The first-order valence-corrected chi connectivity index (χ1v) is 13.1. The van der Waals surface area contributed by atoms with Gasteiger partial charge >= 0.3 is 0 Å². The van der Waals surface area contributed by atoms with Crippen molar-refractivity contribution in [2.75, 3.05) is 11.4 Å². The maximum absolute atomic E-state index is 14.1. The van der Waals surface area contributed by atoms with Gasteiger partial charge in [0.1, 0.15) is 5.75 Å². The van der Waals surface area contributed by atoms with Crippen molar-refractivity contribution < 1.29 is 28.4 Å². The molecular weight excluding hydrogens is 520 g/mol. The number of rotatable bonds is 9. The minimum absolute atomic E-state index is 0.0120. The van der Waals surface area contributed by atoms with Crippen molar-refractivity contribution in [3.05, 3.63) is 107 Å². The van der Waals surface area contributed by atoms with Crippen molar-refractivity contribution in [1.29, 1.82) is 0 Å². The zero-order valence-corrected chi connectivity index (χ0v) is 22.0. The molecule has 1 heterocycles. The van der Waals surface area contributed by atoms with Crippen molar-refractivity contribution in [3.63, 3.8) is 0 Å². The van der Waals surface area contributed by atoms with Gasteiger partial charge in [0.25, 0.3) is 15.9 Å². The third kappa shape index (κ3) is 5.89. The number of benzene rings is 3. The molecule has 0 saturated carbocycles. The van der Waals surface area contributed by atoms with E-state index in [0.717, 1.165) is 4.31 Å². The van der Waals surface area contributed by atoms with Gasteiger partial charge in [-0.1, -0.05) is 29.4 Å². The van der Waals surface area contributed by atoms with Crippen LogP contribution in [0.1, 0.15) is 27.0 Å². The number of carbonyl (C=O) groups is 1. The van der Waals surface area contributed by atoms with Gasteiger partial charge in [0.15, 0.2) is 0 Å². The van der Waals surface area contributed by atoms with Gasteiger partial charge in [-0.3, -0.25) is 19.3 Å². The molecule has 10 nitrogen and oxygen atoms in total. The van der Waals surface area contributed by atoms with Crippen molar-refractivity contribution in [2.24, 2.45) is 5.16 Å². The van der Waals surface area contributed by atoms with Crippen LogP contribution in [0, 0.1) is 6.92 Å². The summed E-state index contributed by atoms with van der Waals surface area (Å²) in [4.78, 5) is 17.1. The van der Waals surface area contributed by atoms with Gasteiger partial charge < -0.3 is 9.94 Å². The first kappa shape index (κ1) is 27.3. The van der Waals surface area contributed by atoms with E-state index in [-0.39, 0.29) is 22.7 Å². The molecule has 1 amide bonds. The maximum atomic E-state index is 14.1. The predicted molar refractivity (Wildman–Crippen MR) is 146 cm³/mol. The Morgan fingerprint density at radius 3 is 2.49 bits per heavy atom. The first-order valence-electron chi connectivity index (χ1n) is 11.7. The van der Waals surface area contributed by atoms with E-state index in [0.29, 0.717) is 33.6 Å². The lowest BCUT2D eigenvalue weighted by atomic mass is 9.96. The second-order valence-corrected chi connectivity index (χ2v) is 10.4. The Labute approximate surface area is 225 Å². The van der Waals surface area contributed by atoms with Gasteiger partial charge in [-0.15, -0.1) is 0 Å². The van der Waals surface area contributed by atoms with Gasteiger partial charge in [0.05, 0.1) is 36.0 Å². The number of methoxy groups -OCH3 is 1. The Hall–Kier alpha value is -4.74. The second-order valence-electron chi connectivity index (χ2n) is 8.55. The molecule has 200 valence electrons. The molecule has 0 aliphatic carbocycles. The summed E-state index contributed by atoms with van der Waals surface area (Å²) in [5.41, 5.74) is 4.62. The fraction of sp³-hybridized carbons (Fsp3) is 0.107. The molecule has 4 aromatic rings. The number of carbonyl (C=O) groups excluding carboxylic acids is 1. The van der Waals surface area contributed by atoms with Crippen LogP contribution in [0.5, 0.6) is 5.75 Å². The van der Waals surface area contributed by atoms with Crippen LogP contribution in [0.15, 0.2) is 95.2 Å². The number of anilines is 1. The Morgan fingerprint density at radius 2 is 1.85 bits per heavy atom. The van der Waals surface area contributed by atoms with Crippen LogP contribution in [0.2, 0.25) is 0 Å². The lowest BCUT2D eigenvalue weighted by Crippen LogP contribution is -2.34. The molecule has 0 unspecified atom stereocenters. The number of oxime groups is 1. The van der Waals surface area contributed by atoms with E-state index in [9.17, 15) is 18.4 Å². The monoisotopic (exact) mass is 546 g/mol. The molecule has 0 radical (unpaired) electrons. The fourth-order valence-electron chi connectivity index (χ4n) is 4.19. The zero-order chi connectivity index (χ0) is 28.0. The lowest BCUT2D eigenvalue weighted by Gasteiger charge is -2.28. The van der Waals surface area contributed by atoms with Gasteiger partial charge in [-0.2, -0.15) is 0 Å². The van der Waals surface area contributed by atoms with E-state index in [1.54, 1.807) is 67.3 Å². The average Bonchev–Trinajstić information content (AvgIpc) is 2.96. The van der Waals surface area contributed by atoms with Crippen molar-refractivity contribution in [2.45, 2.75) is 18.4 Å². The number of hydrogen-bond acceptors (Lipinski definition) is 8. The van der Waals surface area contributed by atoms with E-state index in [2.05, 4.69) is 10.1 Å². The van der Waals surface area contributed by atoms with E-state index in [4.69, 9.17) is 9.94 Å². The minimum Gasteiger partial charge on any atom is -0.497 e. The third-order valence-corrected chi connectivity index (χ3v) is 7.78. The average molecular weight is 547 g/mol. The van der Waals surface area contributed by atoms with Crippen LogP contribution in [0.25, 0.3) is 11.1 Å². The molecular formula is C28H26N4O6S. The number of amides is 1. The fourth-order valence-corrected chi connectivity index (χ4v) is 5.73. The van der Waals surface area contributed by atoms with E-state index < -0.39 is 15.9 Å². The molecule has 0 aliphatic heterocycles. The number of aromatic nitrogens is 1. The zero-order valence-electron chi connectivity index (χ0n) is 21.1. The standard InChI is InChI=1S/C28H26N4O6S/c1-19-13-23(22-7-3-5-20(14-22)17-30-34)15-26(28(33)31-35)27(19)32(18-21-6-4-12-29-16-21)39(36,37)25-10-8-24(38-2)9-11-25/h3-17,34-35H,18H2,1-2H3,(H,31,33). The van der Waals surface area contributed by atoms with Crippen LogP contribution in [-0.2, 0) is 16.6 Å². The van der Waals surface area contributed by atoms with E-state index >= 15 is 0 Å². The Morgan fingerprint density at radius 1 is 1.08 bits per heavy atom. The summed E-state index contributed by atoms with van der Waals surface area (Å²) >= 11 is 0. The van der Waals surface area contributed by atoms with Crippen LogP contribution in [0.4, 0.5) is 5.69 Å². The number of nitrogens with one attached hydrogen (secondary N) is 1. The number of aryl methyl sites for hydroxylation is 1. The molecule has 0 fully saturated rings. The maximum Gasteiger partial charge on any atom is 0.276 e. The summed E-state index contributed by atoms with van der Waals surface area (Å²) in [6.45, 7) is 1.56. The van der Waals surface area contributed by atoms with E-state index in [1.165, 1.54) is 43.7 Å². The summed E-state index contributed by atoms with van der Waals surface area (Å²) < 4.78 is 34.4. The van der Waals surface area contributed by atoms with Crippen molar-refractivity contribution in [3.8, 4) is 16.9 Å². The van der Waals surface area contributed by atoms with Gasteiger partial charge in [0.2, 0.25) is 0 Å². The molecule has 0 aliphatic rings. The molecule has 0 spiro atoms.